The highest BCUT2D eigenvalue weighted by molar-refractivity contribution is 4.96. The molecule has 0 aromatic carbocycles. The molecule has 1 N–H and O–H groups in total. The highest BCUT2D eigenvalue weighted by Crippen LogP contribution is 2.23. The third-order valence-electron chi connectivity index (χ3n) is 3.33. The Hall–Kier alpha value is -0.870. The zero-order valence-electron chi connectivity index (χ0n) is 9.64. The summed E-state index contributed by atoms with van der Waals surface area (Å²) in [4.78, 5) is 2.33. The van der Waals surface area contributed by atoms with Crippen LogP contribution in [0.3, 0.4) is 0 Å². The number of aliphatic hydroxyl groups excluding tert-OH is 1. The maximum absolute atomic E-state index is 9.11. The van der Waals surface area contributed by atoms with Crippen molar-refractivity contribution in [1.29, 1.82) is 0 Å². The highest BCUT2D eigenvalue weighted by Gasteiger charge is 2.21. The van der Waals surface area contributed by atoms with E-state index in [1.165, 1.54) is 32.1 Å². The van der Waals surface area contributed by atoms with E-state index in [1.54, 1.807) is 6.26 Å². The third kappa shape index (κ3) is 3.06. The normalized spacial score (nSPS) is 18.1. The molecule has 90 valence electrons. The minimum Gasteiger partial charge on any atom is -0.395 e. The van der Waals surface area contributed by atoms with Gasteiger partial charge in [-0.15, -0.1) is 0 Å². The van der Waals surface area contributed by atoms with Crippen molar-refractivity contribution in [3.05, 3.63) is 18.0 Å². The molecule has 0 radical (unpaired) electrons. The van der Waals surface area contributed by atoms with Crippen LogP contribution in [0.4, 0.5) is 0 Å². The van der Waals surface area contributed by atoms with Gasteiger partial charge in [0, 0.05) is 25.2 Å². The van der Waals surface area contributed by atoms with E-state index in [9.17, 15) is 0 Å². The topological polar surface area (TPSA) is 49.5 Å². The molecular weight excluding hydrogens is 204 g/mol. The van der Waals surface area contributed by atoms with E-state index in [4.69, 9.17) is 9.63 Å². The number of aromatic nitrogens is 1. The van der Waals surface area contributed by atoms with Crippen molar-refractivity contribution in [1.82, 2.24) is 10.1 Å². The average Bonchev–Trinajstić information content (AvgIpc) is 2.83. The van der Waals surface area contributed by atoms with Crippen molar-refractivity contribution < 1.29 is 9.63 Å². The SMILES string of the molecule is OCCN(Cc1ccon1)C1CCCCC1. The second-order valence-electron chi connectivity index (χ2n) is 4.48. The van der Waals surface area contributed by atoms with E-state index < -0.39 is 0 Å². The Kier molecular flexibility index (Phi) is 4.36. The molecule has 0 spiro atoms. The lowest BCUT2D eigenvalue weighted by molar-refractivity contribution is 0.114. The molecule has 1 fully saturated rings. The lowest BCUT2D eigenvalue weighted by atomic mass is 9.94. The van der Waals surface area contributed by atoms with Crippen LogP contribution in [0.2, 0.25) is 0 Å². The largest absolute Gasteiger partial charge is 0.395 e. The molecule has 4 nitrogen and oxygen atoms in total. The van der Waals surface area contributed by atoms with Crippen LogP contribution in [0.15, 0.2) is 16.9 Å². The second kappa shape index (κ2) is 6.01. The predicted octanol–water partition coefficient (Wildman–Crippen LogP) is 1.80. The molecule has 1 aliphatic carbocycles. The quantitative estimate of drug-likeness (QED) is 0.828. The zero-order valence-corrected chi connectivity index (χ0v) is 9.64. The summed E-state index contributed by atoms with van der Waals surface area (Å²) >= 11 is 0. The van der Waals surface area contributed by atoms with Crippen LogP contribution >= 0.6 is 0 Å². The van der Waals surface area contributed by atoms with Crippen molar-refractivity contribution in [2.75, 3.05) is 13.2 Å². The van der Waals surface area contributed by atoms with Gasteiger partial charge in [0.05, 0.1) is 12.3 Å². The first kappa shape index (κ1) is 11.6. The van der Waals surface area contributed by atoms with Crippen molar-refractivity contribution in [3.8, 4) is 0 Å². The van der Waals surface area contributed by atoms with Gasteiger partial charge in [-0.05, 0) is 12.8 Å². The van der Waals surface area contributed by atoms with Crippen LogP contribution in [0.1, 0.15) is 37.8 Å². The molecule has 0 unspecified atom stereocenters. The van der Waals surface area contributed by atoms with Gasteiger partial charge < -0.3 is 9.63 Å². The second-order valence-corrected chi connectivity index (χ2v) is 4.48. The first-order valence-electron chi connectivity index (χ1n) is 6.14. The van der Waals surface area contributed by atoms with Crippen molar-refractivity contribution in [2.45, 2.75) is 44.7 Å². The van der Waals surface area contributed by atoms with Crippen LogP contribution in [0, 0.1) is 0 Å². The number of hydrogen-bond acceptors (Lipinski definition) is 4. The lowest BCUT2D eigenvalue weighted by Crippen LogP contribution is -2.38. The Morgan fingerprint density at radius 1 is 1.38 bits per heavy atom. The molecule has 16 heavy (non-hydrogen) atoms. The molecule has 4 heteroatoms. The van der Waals surface area contributed by atoms with Crippen LogP contribution in [0.5, 0.6) is 0 Å². The Bertz CT molecular complexity index is 281. The summed E-state index contributed by atoms with van der Waals surface area (Å²) in [7, 11) is 0. The zero-order chi connectivity index (χ0) is 11.2. The van der Waals surface area contributed by atoms with Gasteiger partial charge in [-0.25, -0.2) is 0 Å². The number of nitrogens with zero attached hydrogens (tertiary/aromatic N) is 2. The van der Waals surface area contributed by atoms with Gasteiger partial charge >= 0.3 is 0 Å². The molecule has 0 aliphatic heterocycles. The van der Waals surface area contributed by atoms with Crippen molar-refractivity contribution in [3.63, 3.8) is 0 Å². The van der Waals surface area contributed by atoms with Crippen LogP contribution in [0.25, 0.3) is 0 Å². The van der Waals surface area contributed by atoms with E-state index in [0.29, 0.717) is 6.04 Å². The third-order valence-corrected chi connectivity index (χ3v) is 3.33. The smallest absolute Gasteiger partial charge is 0.124 e. The van der Waals surface area contributed by atoms with Gasteiger partial charge in [-0.3, -0.25) is 4.90 Å². The number of aliphatic hydroxyl groups is 1. The average molecular weight is 224 g/mol. The van der Waals surface area contributed by atoms with Crippen LogP contribution in [-0.2, 0) is 6.54 Å². The number of rotatable bonds is 5. The van der Waals surface area contributed by atoms with Crippen molar-refractivity contribution in [2.24, 2.45) is 0 Å². The molecule has 0 atom stereocenters. The summed E-state index contributed by atoms with van der Waals surface area (Å²) in [5.41, 5.74) is 0.957. The summed E-state index contributed by atoms with van der Waals surface area (Å²) in [6, 6.07) is 2.50. The number of hydrogen-bond donors (Lipinski definition) is 1. The molecule has 0 bridgehead atoms. The predicted molar refractivity (Wildman–Crippen MR) is 60.9 cm³/mol. The van der Waals surface area contributed by atoms with E-state index in [1.807, 2.05) is 6.07 Å². The first-order chi connectivity index (χ1) is 7.90. The minimum absolute atomic E-state index is 0.217. The van der Waals surface area contributed by atoms with Gasteiger partial charge in [0.2, 0.25) is 0 Å². The molecule has 1 aliphatic rings. The van der Waals surface area contributed by atoms with Crippen LogP contribution < -0.4 is 0 Å². The summed E-state index contributed by atoms with van der Waals surface area (Å²) in [5, 5.41) is 13.0. The van der Waals surface area contributed by atoms with E-state index in [-0.39, 0.29) is 6.61 Å². The monoisotopic (exact) mass is 224 g/mol. The fraction of sp³-hybridized carbons (Fsp3) is 0.750. The fourth-order valence-electron chi connectivity index (χ4n) is 2.49. The van der Waals surface area contributed by atoms with Gasteiger partial charge in [-0.1, -0.05) is 24.4 Å². The molecule has 1 saturated carbocycles. The van der Waals surface area contributed by atoms with E-state index in [0.717, 1.165) is 18.8 Å². The Labute approximate surface area is 96.2 Å². The maximum Gasteiger partial charge on any atom is 0.124 e. The van der Waals surface area contributed by atoms with Gasteiger partial charge in [0.1, 0.15) is 6.26 Å². The Morgan fingerprint density at radius 2 is 2.19 bits per heavy atom. The molecule has 1 heterocycles. The Balaban J connectivity index is 1.92. The summed E-state index contributed by atoms with van der Waals surface area (Å²) in [5.74, 6) is 0. The molecule has 1 aromatic rings. The summed E-state index contributed by atoms with van der Waals surface area (Å²) < 4.78 is 4.84. The summed E-state index contributed by atoms with van der Waals surface area (Å²) in [6.07, 6.45) is 8.08. The van der Waals surface area contributed by atoms with E-state index in [2.05, 4.69) is 10.1 Å². The standard InChI is InChI=1S/C12H20N2O2/c15-8-7-14(10-11-6-9-16-13-11)12-4-2-1-3-5-12/h6,9,12,15H,1-5,7-8,10H2. The lowest BCUT2D eigenvalue weighted by Gasteiger charge is -2.33. The first-order valence-corrected chi connectivity index (χ1v) is 6.14. The molecule has 1 aromatic heterocycles. The van der Waals surface area contributed by atoms with E-state index >= 15 is 0 Å². The maximum atomic E-state index is 9.11. The molecular formula is C12H20N2O2. The van der Waals surface area contributed by atoms with Crippen LogP contribution in [-0.4, -0.2) is 34.4 Å². The highest BCUT2D eigenvalue weighted by atomic mass is 16.5. The molecule has 2 rings (SSSR count). The summed E-state index contributed by atoms with van der Waals surface area (Å²) in [6.45, 7) is 1.74. The van der Waals surface area contributed by atoms with Gasteiger partial charge in [0.15, 0.2) is 0 Å². The van der Waals surface area contributed by atoms with Crippen molar-refractivity contribution >= 4 is 0 Å². The minimum atomic E-state index is 0.217. The Morgan fingerprint density at radius 3 is 2.81 bits per heavy atom. The van der Waals surface area contributed by atoms with Gasteiger partial charge in [0.25, 0.3) is 0 Å². The molecule has 0 saturated heterocycles. The van der Waals surface area contributed by atoms with Gasteiger partial charge in [-0.2, -0.15) is 0 Å². The fourth-order valence-corrected chi connectivity index (χ4v) is 2.49. The molecule has 0 amide bonds.